The van der Waals surface area contributed by atoms with Crippen molar-refractivity contribution in [2.75, 3.05) is 18.5 Å². The van der Waals surface area contributed by atoms with Crippen LogP contribution in [-0.4, -0.2) is 33.1 Å². The molecule has 0 aliphatic carbocycles. The third kappa shape index (κ3) is 3.24. The SMILES string of the molecule is CC(C)c1nc(Cl)c([N+](=O)[O-])c(NCCO)n1. The molecule has 17 heavy (non-hydrogen) atoms. The molecular formula is C9H13ClN4O3. The Kier molecular flexibility index (Phi) is 4.59. The number of anilines is 1. The molecule has 0 fully saturated rings. The number of halogens is 1. The first-order valence-electron chi connectivity index (χ1n) is 5.04. The van der Waals surface area contributed by atoms with Gasteiger partial charge in [-0.1, -0.05) is 25.4 Å². The molecule has 94 valence electrons. The molecule has 0 bridgehead atoms. The number of aliphatic hydroxyl groups is 1. The molecule has 2 N–H and O–H groups in total. The summed E-state index contributed by atoms with van der Waals surface area (Å²) in [6.45, 7) is 3.71. The summed E-state index contributed by atoms with van der Waals surface area (Å²) in [6, 6.07) is 0. The molecule has 0 radical (unpaired) electrons. The number of hydrogen-bond acceptors (Lipinski definition) is 6. The van der Waals surface area contributed by atoms with E-state index in [-0.39, 0.29) is 35.7 Å². The van der Waals surface area contributed by atoms with Gasteiger partial charge >= 0.3 is 5.69 Å². The van der Waals surface area contributed by atoms with E-state index in [0.29, 0.717) is 5.82 Å². The van der Waals surface area contributed by atoms with Crippen LogP contribution in [0.3, 0.4) is 0 Å². The van der Waals surface area contributed by atoms with Crippen LogP contribution in [0, 0.1) is 10.1 Å². The summed E-state index contributed by atoms with van der Waals surface area (Å²) in [6.07, 6.45) is 0. The van der Waals surface area contributed by atoms with Crippen molar-refractivity contribution in [2.24, 2.45) is 0 Å². The highest BCUT2D eigenvalue weighted by atomic mass is 35.5. The smallest absolute Gasteiger partial charge is 0.348 e. The quantitative estimate of drug-likeness (QED) is 0.473. The topological polar surface area (TPSA) is 101 Å². The van der Waals surface area contributed by atoms with Crippen LogP contribution in [-0.2, 0) is 0 Å². The molecule has 0 amide bonds. The molecule has 1 rings (SSSR count). The largest absolute Gasteiger partial charge is 0.395 e. The molecule has 0 aromatic carbocycles. The third-order valence-corrected chi connectivity index (χ3v) is 2.23. The van der Waals surface area contributed by atoms with Crippen molar-refractivity contribution in [1.82, 2.24) is 9.97 Å². The summed E-state index contributed by atoms with van der Waals surface area (Å²) in [5, 5.41) is 22.0. The van der Waals surface area contributed by atoms with Crippen molar-refractivity contribution in [1.29, 1.82) is 0 Å². The highest BCUT2D eigenvalue weighted by molar-refractivity contribution is 6.31. The Morgan fingerprint density at radius 2 is 2.18 bits per heavy atom. The Balaban J connectivity index is 3.23. The van der Waals surface area contributed by atoms with Crippen LogP contribution in [0.25, 0.3) is 0 Å². The number of aromatic nitrogens is 2. The minimum atomic E-state index is -0.647. The minimum absolute atomic E-state index is 0.00276. The van der Waals surface area contributed by atoms with Crippen molar-refractivity contribution in [3.63, 3.8) is 0 Å². The van der Waals surface area contributed by atoms with Crippen molar-refractivity contribution in [3.05, 3.63) is 21.1 Å². The Morgan fingerprint density at radius 1 is 1.53 bits per heavy atom. The molecule has 1 aromatic rings. The average molecular weight is 261 g/mol. The number of nitrogens with zero attached hydrogens (tertiary/aromatic N) is 3. The third-order valence-electron chi connectivity index (χ3n) is 1.96. The van der Waals surface area contributed by atoms with Crippen LogP contribution in [0.1, 0.15) is 25.6 Å². The summed E-state index contributed by atoms with van der Waals surface area (Å²) in [4.78, 5) is 18.1. The molecule has 1 aromatic heterocycles. The average Bonchev–Trinajstić information content (AvgIpc) is 2.24. The van der Waals surface area contributed by atoms with E-state index in [1.165, 1.54) is 0 Å². The molecule has 0 aliphatic heterocycles. The van der Waals surface area contributed by atoms with Crippen LogP contribution in [0.15, 0.2) is 0 Å². The zero-order chi connectivity index (χ0) is 13.0. The van der Waals surface area contributed by atoms with Crippen LogP contribution < -0.4 is 5.32 Å². The number of nitro groups is 1. The maximum absolute atomic E-state index is 10.8. The van der Waals surface area contributed by atoms with Gasteiger partial charge in [-0.05, 0) is 0 Å². The van der Waals surface area contributed by atoms with Gasteiger partial charge in [0.05, 0.1) is 11.5 Å². The van der Waals surface area contributed by atoms with E-state index >= 15 is 0 Å². The van der Waals surface area contributed by atoms with Crippen LogP contribution in [0.4, 0.5) is 11.5 Å². The van der Waals surface area contributed by atoms with E-state index in [2.05, 4.69) is 15.3 Å². The molecule has 7 nitrogen and oxygen atoms in total. The van der Waals surface area contributed by atoms with Gasteiger partial charge in [-0.25, -0.2) is 9.97 Å². The Labute approximate surface area is 103 Å². The maximum atomic E-state index is 10.8. The van der Waals surface area contributed by atoms with Crippen molar-refractivity contribution in [2.45, 2.75) is 19.8 Å². The molecule has 1 heterocycles. The van der Waals surface area contributed by atoms with Gasteiger partial charge in [0.1, 0.15) is 5.82 Å². The zero-order valence-corrected chi connectivity index (χ0v) is 10.2. The highest BCUT2D eigenvalue weighted by Crippen LogP contribution is 2.30. The fourth-order valence-electron chi connectivity index (χ4n) is 1.16. The lowest BCUT2D eigenvalue weighted by Gasteiger charge is -2.09. The molecule has 0 atom stereocenters. The van der Waals surface area contributed by atoms with Crippen LogP contribution in [0.2, 0.25) is 5.15 Å². The first kappa shape index (κ1) is 13.6. The molecule has 0 spiro atoms. The number of aliphatic hydroxyl groups excluding tert-OH is 1. The van der Waals surface area contributed by atoms with Crippen molar-refractivity contribution < 1.29 is 10.0 Å². The number of hydrogen-bond donors (Lipinski definition) is 2. The van der Waals surface area contributed by atoms with E-state index in [0.717, 1.165) is 0 Å². The van der Waals surface area contributed by atoms with Gasteiger partial charge in [0.25, 0.3) is 0 Å². The van der Waals surface area contributed by atoms with Gasteiger partial charge in [-0.15, -0.1) is 0 Å². The lowest BCUT2D eigenvalue weighted by molar-refractivity contribution is -0.384. The predicted octanol–water partition coefficient (Wildman–Crippen LogP) is 1.57. The van der Waals surface area contributed by atoms with Gasteiger partial charge in [-0.3, -0.25) is 10.1 Å². The Bertz CT molecular complexity index is 425. The lowest BCUT2D eigenvalue weighted by Crippen LogP contribution is -2.12. The van der Waals surface area contributed by atoms with E-state index in [1.807, 2.05) is 13.8 Å². The van der Waals surface area contributed by atoms with Crippen LogP contribution in [0.5, 0.6) is 0 Å². The summed E-state index contributed by atoms with van der Waals surface area (Å²) in [5.41, 5.74) is -0.371. The monoisotopic (exact) mass is 260 g/mol. The van der Waals surface area contributed by atoms with Crippen molar-refractivity contribution in [3.8, 4) is 0 Å². The van der Waals surface area contributed by atoms with Gasteiger partial charge in [0.2, 0.25) is 11.0 Å². The molecule has 0 saturated carbocycles. The molecular weight excluding hydrogens is 248 g/mol. The van der Waals surface area contributed by atoms with E-state index in [4.69, 9.17) is 16.7 Å². The Hall–Kier alpha value is -1.47. The van der Waals surface area contributed by atoms with E-state index < -0.39 is 4.92 Å². The van der Waals surface area contributed by atoms with Gasteiger partial charge in [-0.2, -0.15) is 0 Å². The number of nitrogens with one attached hydrogen (secondary N) is 1. The lowest BCUT2D eigenvalue weighted by atomic mass is 10.2. The molecule has 8 heteroatoms. The van der Waals surface area contributed by atoms with Gasteiger partial charge < -0.3 is 10.4 Å². The number of rotatable bonds is 5. The first-order chi connectivity index (χ1) is 7.97. The molecule has 0 saturated heterocycles. The second-order valence-corrected chi connectivity index (χ2v) is 3.99. The summed E-state index contributed by atoms with van der Waals surface area (Å²) in [7, 11) is 0. The standard InChI is InChI=1S/C9H13ClN4O3/c1-5(2)8-12-7(10)6(14(16)17)9(13-8)11-3-4-15/h5,15H,3-4H2,1-2H3,(H,11,12,13). The van der Waals surface area contributed by atoms with Crippen molar-refractivity contribution >= 4 is 23.1 Å². The summed E-state index contributed by atoms with van der Waals surface area (Å²) in [5.74, 6) is 0.455. The fraction of sp³-hybridized carbons (Fsp3) is 0.556. The molecule has 0 aliphatic rings. The second kappa shape index (κ2) is 5.74. The van der Waals surface area contributed by atoms with E-state index in [9.17, 15) is 10.1 Å². The first-order valence-corrected chi connectivity index (χ1v) is 5.41. The van der Waals surface area contributed by atoms with Crippen LogP contribution >= 0.6 is 11.6 Å². The van der Waals surface area contributed by atoms with Gasteiger partial charge in [0, 0.05) is 12.5 Å². The summed E-state index contributed by atoms with van der Waals surface area (Å²) < 4.78 is 0. The van der Waals surface area contributed by atoms with Gasteiger partial charge in [0.15, 0.2) is 0 Å². The maximum Gasteiger partial charge on any atom is 0.348 e. The predicted molar refractivity (Wildman–Crippen MR) is 63.4 cm³/mol. The molecule has 0 unspecified atom stereocenters. The fourth-order valence-corrected chi connectivity index (χ4v) is 1.41. The van der Waals surface area contributed by atoms with E-state index in [1.54, 1.807) is 0 Å². The highest BCUT2D eigenvalue weighted by Gasteiger charge is 2.24. The second-order valence-electron chi connectivity index (χ2n) is 3.63. The zero-order valence-electron chi connectivity index (χ0n) is 9.47. The Morgan fingerprint density at radius 3 is 2.65 bits per heavy atom. The summed E-state index contributed by atoms with van der Waals surface area (Å²) >= 11 is 5.76. The normalized spacial score (nSPS) is 10.6. The minimum Gasteiger partial charge on any atom is -0.395 e.